The Hall–Kier alpha value is -1.94. The summed E-state index contributed by atoms with van der Waals surface area (Å²) in [7, 11) is 0. The van der Waals surface area contributed by atoms with Crippen molar-refractivity contribution in [2.24, 2.45) is 0 Å². The number of nitrogens with zero attached hydrogens (tertiary/aromatic N) is 2. The number of nitrogens with one attached hydrogen (secondary N) is 1. The molecule has 0 fully saturated rings. The van der Waals surface area contributed by atoms with E-state index in [0.717, 1.165) is 11.4 Å². The van der Waals surface area contributed by atoms with Gasteiger partial charge in [0.2, 0.25) is 0 Å². The van der Waals surface area contributed by atoms with Crippen LogP contribution in [-0.2, 0) is 0 Å². The average Bonchev–Trinajstić information content (AvgIpc) is 2.48. The minimum absolute atomic E-state index is 0.153. The van der Waals surface area contributed by atoms with Gasteiger partial charge in [-0.3, -0.25) is 9.97 Å². The Morgan fingerprint density at radius 2 is 1.67 bits per heavy atom. The van der Waals surface area contributed by atoms with Crippen molar-refractivity contribution in [3.05, 3.63) is 54.1 Å². The molecule has 2 rings (SSSR count). The van der Waals surface area contributed by atoms with Gasteiger partial charge in [-0.25, -0.2) is 0 Å². The number of benzene rings is 1. The molecule has 0 saturated carbocycles. The molecule has 1 aromatic heterocycles. The van der Waals surface area contributed by atoms with Gasteiger partial charge in [-0.05, 0) is 45.4 Å². The summed E-state index contributed by atoms with van der Waals surface area (Å²) in [5.41, 5.74) is 2.17. The van der Waals surface area contributed by atoms with E-state index in [2.05, 4.69) is 41.3 Å². The summed E-state index contributed by atoms with van der Waals surface area (Å²) in [6.45, 7) is 8.29. The highest BCUT2D eigenvalue weighted by Gasteiger charge is 2.12. The van der Waals surface area contributed by atoms with Crippen LogP contribution in [0.2, 0.25) is 0 Å². The molecule has 0 spiro atoms. The molecule has 1 N–H and O–H groups in total. The highest BCUT2D eigenvalue weighted by atomic mass is 16.5. The zero-order valence-corrected chi connectivity index (χ0v) is 13.1. The highest BCUT2D eigenvalue weighted by Crippen LogP contribution is 2.21. The van der Waals surface area contributed by atoms with Gasteiger partial charge in [-0.1, -0.05) is 12.1 Å². The number of hydrogen-bond acceptors (Lipinski definition) is 4. The molecule has 21 heavy (non-hydrogen) atoms. The van der Waals surface area contributed by atoms with Crippen LogP contribution in [0.4, 0.5) is 0 Å². The molecular weight excluding hydrogens is 262 g/mol. The van der Waals surface area contributed by atoms with E-state index in [1.807, 2.05) is 26.0 Å². The summed E-state index contributed by atoms with van der Waals surface area (Å²) in [6, 6.07) is 8.61. The third kappa shape index (κ3) is 4.53. The Bertz CT molecular complexity index is 540. The molecule has 0 amide bonds. The minimum Gasteiger partial charge on any atom is -0.491 e. The third-order valence-electron chi connectivity index (χ3n) is 3.28. The highest BCUT2D eigenvalue weighted by molar-refractivity contribution is 5.29. The van der Waals surface area contributed by atoms with E-state index in [-0.39, 0.29) is 18.2 Å². The predicted molar refractivity (Wildman–Crippen MR) is 84.2 cm³/mol. The van der Waals surface area contributed by atoms with Gasteiger partial charge in [-0.2, -0.15) is 0 Å². The van der Waals surface area contributed by atoms with Crippen LogP contribution in [0.5, 0.6) is 5.75 Å². The van der Waals surface area contributed by atoms with Crippen LogP contribution < -0.4 is 10.1 Å². The van der Waals surface area contributed by atoms with Crippen molar-refractivity contribution in [3.63, 3.8) is 0 Å². The lowest BCUT2D eigenvalue weighted by Gasteiger charge is -2.20. The first kappa shape index (κ1) is 15.4. The molecule has 0 aliphatic heterocycles. The van der Waals surface area contributed by atoms with Crippen molar-refractivity contribution < 1.29 is 4.74 Å². The first-order valence-electron chi connectivity index (χ1n) is 7.35. The molecule has 112 valence electrons. The van der Waals surface area contributed by atoms with Gasteiger partial charge in [0.1, 0.15) is 5.75 Å². The van der Waals surface area contributed by atoms with E-state index >= 15 is 0 Å². The summed E-state index contributed by atoms with van der Waals surface area (Å²) in [5.74, 6) is 0.905. The van der Waals surface area contributed by atoms with Crippen molar-refractivity contribution in [1.29, 1.82) is 0 Å². The summed E-state index contributed by atoms with van der Waals surface area (Å²) in [6.07, 6.45) is 5.40. The summed E-state index contributed by atoms with van der Waals surface area (Å²) in [4.78, 5) is 8.43. The number of rotatable bonds is 6. The molecule has 0 aliphatic rings. The van der Waals surface area contributed by atoms with Crippen molar-refractivity contribution in [3.8, 4) is 5.75 Å². The predicted octanol–water partition coefficient (Wildman–Crippen LogP) is 3.68. The smallest absolute Gasteiger partial charge is 0.119 e. The van der Waals surface area contributed by atoms with Crippen LogP contribution in [0, 0.1) is 0 Å². The molecule has 2 aromatic rings. The van der Waals surface area contributed by atoms with Crippen LogP contribution in [0.25, 0.3) is 0 Å². The van der Waals surface area contributed by atoms with Crippen LogP contribution in [0.1, 0.15) is 51.0 Å². The molecule has 4 nitrogen and oxygen atoms in total. The second-order valence-electron chi connectivity index (χ2n) is 5.48. The lowest BCUT2D eigenvalue weighted by atomic mass is 10.1. The normalized spacial score (nSPS) is 14.0. The van der Waals surface area contributed by atoms with Crippen molar-refractivity contribution in [1.82, 2.24) is 15.3 Å². The molecule has 0 aliphatic carbocycles. The van der Waals surface area contributed by atoms with Crippen LogP contribution in [0.15, 0.2) is 42.9 Å². The number of ether oxygens (including phenoxy) is 1. The first-order valence-corrected chi connectivity index (χ1v) is 7.35. The Balaban J connectivity index is 1.98. The van der Waals surface area contributed by atoms with Crippen LogP contribution in [-0.4, -0.2) is 16.1 Å². The van der Waals surface area contributed by atoms with E-state index < -0.39 is 0 Å². The SMILES string of the molecule is CC(C)Oc1ccc(C(C)NC(C)c2cnccn2)cc1. The van der Waals surface area contributed by atoms with Crippen molar-refractivity contribution in [2.45, 2.75) is 45.9 Å². The lowest BCUT2D eigenvalue weighted by molar-refractivity contribution is 0.242. The Morgan fingerprint density at radius 1 is 0.952 bits per heavy atom. The zero-order chi connectivity index (χ0) is 15.2. The van der Waals surface area contributed by atoms with E-state index in [4.69, 9.17) is 4.74 Å². The fraction of sp³-hybridized carbons (Fsp3) is 0.412. The Labute approximate surface area is 126 Å². The molecule has 0 bridgehead atoms. The Kier molecular flexibility index (Phi) is 5.28. The van der Waals surface area contributed by atoms with Gasteiger partial charge >= 0.3 is 0 Å². The second kappa shape index (κ2) is 7.18. The van der Waals surface area contributed by atoms with Crippen molar-refractivity contribution in [2.75, 3.05) is 0 Å². The number of hydrogen-bond donors (Lipinski definition) is 1. The maximum atomic E-state index is 5.66. The Morgan fingerprint density at radius 3 is 2.24 bits per heavy atom. The van der Waals surface area contributed by atoms with Crippen LogP contribution >= 0.6 is 0 Å². The molecule has 1 aromatic carbocycles. The van der Waals surface area contributed by atoms with E-state index in [9.17, 15) is 0 Å². The average molecular weight is 285 g/mol. The van der Waals surface area contributed by atoms with Crippen molar-refractivity contribution >= 4 is 0 Å². The quantitative estimate of drug-likeness (QED) is 0.879. The zero-order valence-electron chi connectivity index (χ0n) is 13.1. The molecule has 0 radical (unpaired) electrons. The summed E-state index contributed by atoms with van der Waals surface area (Å²) in [5, 5.41) is 3.53. The largest absolute Gasteiger partial charge is 0.491 e. The van der Waals surface area contributed by atoms with E-state index in [0.29, 0.717) is 0 Å². The van der Waals surface area contributed by atoms with Gasteiger partial charge in [0.05, 0.1) is 11.8 Å². The minimum atomic E-state index is 0.153. The maximum Gasteiger partial charge on any atom is 0.119 e. The first-order chi connectivity index (χ1) is 10.1. The summed E-state index contributed by atoms with van der Waals surface area (Å²) < 4.78 is 5.66. The molecule has 0 saturated heterocycles. The molecule has 2 unspecified atom stereocenters. The molecular formula is C17H23N3O. The molecule has 4 heteroatoms. The van der Waals surface area contributed by atoms with Gasteiger partial charge in [0, 0.05) is 30.7 Å². The molecule has 1 heterocycles. The third-order valence-corrected chi connectivity index (χ3v) is 3.28. The topological polar surface area (TPSA) is 47.0 Å². The number of aromatic nitrogens is 2. The fourth-order valence-electron chi connectivity index (χ4n) is 2.20. The van der Waals surface area contributed by atoms with Gasteiger partial charge in [-0.15, -0.1) is 0 Å². The monoisotopic (exact) mass is 285 g/mol. The maximum absolute atomic E-state index is 5.66. The van der Waals surface area contributed by atoms with E-state index in [1.54, 1.807) is 18.6 Å². The standard InChI is InChI=1S/C17H23N3O/c1-12(2)21-16-7-5-15(6-8-16)13(3)20-14(4)17-11-18-9-10-19-17/h5-14,20H,1-4H3. The lowest BCUT2D eigenvalue weighted by Crippen LogP contribution is -2.23. The van der Waals surface area contributed by atoms with Gasteiger partial charge in [0.15, 0.2) is 0 Å². The fourth-order valence-corrected chi connectivity index (χ4v) is 2.20. The second-order valence-corrected chi connectivity index (χ2v) is 5.48. The van der Waals surface area contributed by atoms with Gasteiger partial charge < -0.3 is 10.1 Å². The van der Waals surface area contributed by atoms with E-state index in [1.165, 1.54) is 5.56 Å². The molecule has 2 atom stereocenters. The van der Waals surface area contributed by atoms with Gasteiger partial charge in [0.25, 0.3) is 0 Å². The summed E-state index contributed by atoms with van der Waals surface area (Å²) >= 11 is 0. The van der Waals surface area contributed by atoms with Crippen LogP contribution in [0.3, 0.4) is 0 Å².